The Labute approximate surface area is 166 Å². The van der Waals surface area contributed by atoms with Crippen molar-refractivity contribution in [1.82, 2.24) is 15.0 Å². The predicted molar refractivity (Wildman–Crippen MR) is 104 cm³/mol. The number of aryl methyl sites for hydroxylation is 2. The fraction of sp³-hybridized carbons (Fsp3) is 0.150. The van der Waals surface area contributed by atoms with Crippen molar-refractivity contribution in [3.8, 4) is 23.6 Å². The third-order valence-corrected chi connectivity index (χ3v) is 3.92. The highest BCUT2D eigenvalue weighted by molar-refractivity contribution is 5.86. The molecule has 3 rings (SSSR count). The number of anilines is 2. The van der Waals surface area contributed by atoms with Crippen LogP contribution in [0.5, 0.6) is 17.5 Å². The molecule has 0 aliphatic carbocycles. The van der Waals surface area contributed by atoms with Gasteiger partial charge in [0.25, 0.3) is 0 Å². The fourth-order valence-electron chi connectivity index (χ4n) is 2.63. The molecule has 2 N–H and O–H groups in total. The van der Waals surface area contributed by atoms with Crippen molar-refractivity contribution in [1.29, 1.82) is 5.26 Å². The number of carboxylic acids is 1. The van der Waals surface area contributed by atoms with Gasteiger partial charge in [-0.2, -0.15) is 10.2 Å². The van der Waals surface area contributed by atoms with E-state index in [2.05, 4.69) is 26.3 Å². The van der Waals surface area contributed by atoms with Crippen LogP contribution >= 0.6 is 0 Å². The van der Waals surface area contributed by atoms with Crippen LogP contribution in [0.1, 0.15) is 27.2 Å². The molecule has 1 aromatic carbocycles. The van der Waals surface area contributed by atoms with Crippen LogP contribution in [0, 0.1) is 25.2 Å². The number of carbonyl (C=O) groups is 1. The van der Waals surface area contributed by atoms with Crippen LogP contribution < -0.4 is 14.8 Å². The number of pyridine rings is 1. The minimum atomic E-state index is -1.22. The van der Waals surface area contributed by atoms with Crippen LogP contribution in [-0.4, -0.2) is 33.1 Å². The third kappa shape index (κ3) is 4.56. The molecule has 29 heavy (non-hydrogen) atoms. The Morgan fingerprint density at radius 1 is 1.14 bits per heavy atom. The van der Waals surface area contributed by atoms with Gasteiger partial charge in [-0.1, -0.05) is 0 Å². The molecule has 9 heteroatoms. The van der Waals surface area contributed by atoms with Crippen LogP contribution in [0.15, 0.2) is 36.5 Å². The van der Waals surface area contributed by atoms with Crippen molar-refractivity contribution in [2.45, 2.75) is 13.8 Å². The monoisotopic (exact) mass is 391 g/mol. The Bertz CT molecular complexity index is 1080. The van der Waals surface area contributed by atoms with Gasteiger partial charge in [-0.05, 0) is 43.2 Å². The lowest BCUT2D eigenvalue weighted by Gasteiger charge is -2.13. The van der Waals surface area contributed by atoms with E-state index in [-0.39, 0.29) is 17.5 Å². The Hall–Kier alpha value is -4.19. The van der Waals surface area contributed by atoms with Gasteiger partial charge in [-0.25, -0.2) is 14.8 Å². The van der Waals surface area contributed by atoms with Crippen molar-refractivity contribution in [2.24, 2.45) is 0 Å². The minimum Gasteiger partial charge on any atom is -0.481 e. The number of benzene rings is 1. The highest BCUT2D eigenvalue weighted by Gasteiger charge is 2.15. The molecule has 0 unspecified atom stereocenters. The van der Waals surface area contributed by atoms with Crippen molar-refractivity contribution in [3.05, 3.63) is 58.9 Å². The number of methoxy groups -OCH3 is 1. The zero-order valence-electron chi connectivity index (χ0n) is 15.9. The summed E-state index contributed by atoms with van der Waals surface area (Å²) in [5.41, 5.74) is 2.28. The first-order chi connectivity index (χ1) is 13.9. The Morgan fingerprint density at radius 2 is 1.86 bits per heavy atom. The van der Waals surface area contributed by atoms with Crippen LogP contribution in [-0.2, 0) is 0 Å². The Balaban J connectivity index is 1.95. The van der Waals surface area contributed by atoms with Gasteiger partial charge < -0.3 is 19.9 Å². The van der Waals surface area contributed by atoms with E-state index < -0.39 is 5.97 Å². The maximum Gasteiger partial charge on any atom is 0.354 e. The first-order valence-corrected chi connectivity index (χ1v) is 8.48. The second-order valence-electron chi connectivity index (χ2n) is 6.09. The molecule has 2 heterocycles. The van der Waals surface area contributed by atoms with Crippen molar-refractivity contribution in [3.63, 3.8) is 0 Å². The lowest BCUT2D eigenvalue weighted by Crippen LogP contribution is -2.07. The molecule has 0 bridgehead atoms. The van der Waals surface area contributed by atoms with Gasteiger partial charge >= 0.3 is 5.97 Å². The highest BCUT2D eigenvalue weighted by atomic mass is 16.5. The molecule has 146 valence electrons. The molecule has 0 aliphatic rings. The summed E-state index contributed by atoms with van der Waals surface area (Å²) in [4.78, 5) is 23.8. The molecule has 0 spiro atoms. The number of nitriles is 1. The molecule has 0 atom stereocenters. The van der Waals surface area contributed by atoms with Crippen molar-refractivity contribution < 1.29 is 19.4 Å². The predicted octanol–water partition coefficient (Wildman–Crippen LogP) is 3.60. The molecule has 9 nitrogen and oxygen atoms in total. The molecule has 0 amide bonds. The number of hydrogen-bond acceptors (Lipinski definition) is 8. The number of aromatic nitrogens is 3. The first kappa shape index (κ1) is 19.6. The summed E-state index contributed by atoms with van der Waals surface area (Å²) in [7, 11) is 1.51. The molecule has 2 aromatic heterocycles. The summed E-state index contributed by atoms with van der Waals surface area (Å²) < 4.78 is 10.9. The van der Waals surface area contributed by atoms with Crippen molar-refractivity contribution >= 4 is 17.6 Å². The van der Waals surface area contributed by atoms with E-state index in [1.165, 1.54) is 19.4 Å². The van der Waals surface area contributed by atoms with Gasteiger partial charge in [0.15, 0.2) is 5.69 Å². The maximum absolute atomic E-state index is 11.5. The molecule has 0 radical (unpaired) electrons. The average molecular weight is 391 g/mol. The summed E-state index contributed by atoms with van der Waals surface area (Å²) in [6.45, 7) is 3.59. The number of hydrogen-bond donors (Lipinski definition) is 2. The van der Waals surface area contributed by atoms with Crippen LogP contribution in [0.3, 0.4) is 0 Å². The largest absolute Gasteiger partial charge is 0.481 e. The lowest BCUT2D eigenvalue weighted by atomic mass is 10.1. The maximum atomic E-state index is 11.5. The van der Waals surface area contributed by atoms with Gasteiger partial charge in [0.1, 0.15) is 5.75 Å². The SMILES string of the molecule is COc1ccc(Nc2nc(Oc3c(C)cc(C#N)cc3C)cc(C(=O)O)n2)cn1. The van der Waals surface area contributed by atoms with E-state index in [0.29, 0.717) is 22.9 Å². The molecular weight excluding hydrogens is 374 g/mol. The van der Waals surface area contributed by atoms with E-state index in [0.717, 1.165) is 11.1 Å². The fourth-order valence-corrected chi connectivity index (χ4v) is 2.63. The standard InChI is InChI=1S/C20H17N5O4/c1-11-6-13(9-21)7-12(2)18(11)29-17-8-15(19(26)27)24-20(25-17)23-14-4-5-16(28-3)22-10-14/h4-8,10H,1-3H3,(H,26,27)(H,23,24,25). The molecule has 3 aromatic rings. The normalized spacial score (nSPS) is 10.1. The van der Waals surface area contributed by atoms with E-state index >= 15 is 0 Å². The van der Waals surface area contributed by atoms with Crippen molar-refractivity contribution in [2.75, 3.05) is 12.4 Å². The summed E-state index contributed by atoms with van der Waals surface area (Å²) >= 11 is 0. The second-order valence-corrected chi connectivity index (χ2v) is 6.09. The van der Waals surface area contributed by atoms with Gasteiger partial charge in [-0.15, -0.1) is 0 Å². The second kappa shape index (κ2) is 8.22. The average Bonchev–Trinajstić information content (AvgIpc) is 2.71. The molecule has 0 saturated carbocycles. The van der Waals surface area contributed by atoms with Gasteiger partial charge in [-0.3, -0.25) is 0 Å². The summed E-state index contributed by atoms with van der Waals surface area (Å²) in [5.74, 6) is -0.197. The zero-order chi connectivity index (χ0) is 21.0. The summed E-state index contributed by atoms with van der Waals surface area (Å²) in [6, 6.07) is 10.0. The van der Waals surface area contributed by atoms with E-state index in [4.69, 9.17) is 14.7 Å². The van der Waals surface area contributed by atoms with E-state index in [1.54, 1.807) is 38.1 Å². The first-order valence-electron chi connectivity index (χ1n) is 8.48. The van der Waals surface area contributed by atoms with Crippen LogP contribution in [0.2, 0.25) is 0 Å². The Morgan fingerprint density at radius 3 is 2.41 bits per heavy atom. The number of nitrogens with one attached hydrogen (secondary N) is 1. The summed E-state index contributed by atoms with van der Waals surface area (Å²) in [6.07, 6.45) is 1.51. The molecule has 0 fully saturated rings. The Kier molecular flexibility index (Phi) is 5.55. The lowest BCUT2D eigenvalue weighted by molar-refractivity contribution is 0.0690. The quantitative estimate of drug-likeness (QED) is 0.647. The molecule has 0 saturated heterocycles. The zero-order valence-corrected chi connectivity index (χ0v) is 15.9. The van der Waals surface area contributed by atoms with Crippen LogP contribution in [0.25, 0.3) is 0 Å². The number of nitrogens with zero attached hydrogens (tertiary/aromatic N) is 4. The number of carboxylic acid groups (broad SMARTS) is 1. The van der Waals surface area contributed by atoms with Gasteiger partial charge in [0.05, 0.1) is 30.6 Å². The smallest absolute Gasteiger partial charge is 0.354 e. The molecule has 0 aliphatic heterocycles. The van der Waals surface area contributed by atoms with E-state index in [9.17, 15) is 9.90 Å². The van der Waals surface area contributed by atoms with Gasteiger partial charge in [0.2, 0.25) is 17.7 Å². The van der Waals surface area contributed by atoms with E-state index in [1.807, 2.05) is 0 Å². The van der Waals surface area contributed by atoms with Gasteiger partial charge in [0, 0.05) is 12.1 Å². The topological polar surface area (TPSA) is 130 Å². The van der Waals surface area contributed by atoms with Crippen LogP contribution in [0.4, 0.5) is 11.6 Å². The highest BCUT2D eigenvalue weighted by Crippen LogP contribution is 2.30. The molecular formula is C20H17N5O4. The minimum absolute atomic E-state index is 0.0378. The third-order valence-electron chi connectivity index (χ3n) is 3.92. The number of ether oxygens (including phenoxy) is 2. The summed E-state index contributed by atoms with van der Waals surface area (Å²) in [5, 5.41) is 21.3. The number of rotatable bonds is 6. The number of aromatic carboxylic acids is 1.